The predicted octanol–water partition coefficient (Wildman–Crippen LogP) is 5.82. The van der Waals surface area contributed by atoms with Gasteiger partial charge in [-0.3, -0.25) is 14.5 Å². The first-order valence-electron chi connectivity index (χ1n) is 10.6. The number of carbonyl (C=O) groups is 2. The van der Waals surface area contributed by atoms with Crippen LogP contribution in [0.4, 0.5) is 18.9 Å². The van der Waals surface area contributed by atoms with E-state index in [-0.39, 0.29) is 22.8 Å². The molecule has 0 bridgehead atoms. The summed E-state index contributed by atoms with van der Waals surface area (Å²) in [5.41, 5.74) is 0.621. The summed E-state index contributed by atoms with van der Waals surface area (Å²) in [7, 11) is 0. The van der Waals surface area contributed by atoms with Gasteiger partial charge in [0.05, 0.1) is 11.6 Å². The zero-order valence-electron chi connectivity index (χ0n) is 18.2. The molecule has 1 unspecified atom stereocenters. The number of fused-ring (bicyclic) bond motifs is 1. The van der Waals surface area contributed by atoms with Crippen molar-refractivity contribution in [2.75, 3.05) is 4.90 Å². The molecule has 0 spiro atoms. The Labute approximate surface area is 201 Å². The standard InChI is InChI=1S/C26H16F3NO6/c27-26(28,29)36-18-11-7-16(8-12-18)30-22(14-5-9-17(31)10-6-14)21(24(33)25(30)34)23(32)20-13-15-3-1-2-4-19(15)35-20/h1-13,22,31,33H. The van der Waals surface area contributed by atoms with E-state index >= 15 is 0 Å². The van der Waals surface area contributed by atoms with Crippen LogP contribution in [0.3, 0.4) is 0 Å². The van der Waals surface area contributed by atoms with Gasteiger partial charge in [-0.2, -0.15) is 0 Å². The topological polar surface area (TPSA) is 100 Å². The number of aromatic hydroxyl groups is 1. The molecule has 0 saturated heterocycles. The van der Waals surface area contributed by atoms with Crippen molar-refractivity contribution in [3.8, 4) is 11.5 Å². The highest BCUT2D eigenvalue weighted by atomic mass is 19.4. The third kappa shape index (κ3) is 4.13. The van der Waals surface area contributed by atoms with Gasteiger partial charge < -0.3 is 19.4 Å². The molecule has 1 amide bonds. The Morgan fingerprint density at radius 1 is 0.944 bits per heavy atom. The maximum absolute atomic E-state index is 13.5. The number of nitrogens with zero attached hydrogens (tertiary/aromatic N) is 1. The van der Waals surface area contributed by atoms with Crippen LogP contribution in [0.2, 0.25) is 0 Å². The lowest BCUT2D eigenvalue weighted by atomic mass is 9.94. The van der Waals surface area contributed by atoms with E-state index in [9.17, 15) is 33.0 Å². The lowest BCUT2D eigenvalue weighted by molar-refractivity contribution is -0.274. The summed E-state index contributed by atoms with van der Waals surface area (Å²) in [5, 5.41) is 21.1. The molecular weight excluding hydrogens is 479 g/mol. The highest BCUT2D eigenvalue weighted by Gasteiger charge is 2.45. The number of carbonyl (C=O) groups excluding carboxylic acids is 2. The second kappa shape index (κ2) is 8.49. The van der Waals surface area contributed by atoms with Crippen LogP contribution in [0, 0.1) is 0 Å². The van der Waals surface area contributed by atoms with Crippen molar-refractivity contribution in [2.24, 2.45) is 0 Å². The number of benzene rings is 3. The van der Waals surface area contributed by atoms with Gasteiger partial charge in [-0.05, 0) is 54.1 Å². The maximum Gasteiger partial charge on any atom is 0.573 e. The largest absolute Gasteiger partial charge is 0.573 e. The molecule has 0 aliphatic carbocycles. The van der Waals surface area contributed by atoms with E-state index in [4.69, 9.17) is 4.42 Å². The molecule has 7 nitrogen and oxygen atoms in total. The number of rotatable bonds is 5. The third-order valence-corrected chi connectivity index (χ3v) is 5.66. The molecule has 182 valence electrons. The first-order chi connectivity index (χ1) is 17.1. The molecule has 10 heteroatoms. The Morgan fingerprint density at radius 3 is 2.25 bits per heavy atom. The lowest BCUT2D eigenvalue weighted by Crippen LogP contribution is -2.31. The second-order valence-corrected chi connectivity index (χ2v) is 7.95. The van der Waals surface area contributed by atoms with E-state index < -0.39 is 35.6 Å². The zero-order chi connectivity index (χ0) is 25.6. The third-order valence-electron chi connectivity index (χ3n) is 5.66. The van der Waals surface area contributed by atoms with Crippen LogP contribution >= 0.6 is 0 Å². The summed E-state index contributed by atoms with van der Waals surface area (Å²) in [6.07, 6.45) is -4.90. The van der Waals surface area contributed by atoms with Crippen molar-refractivity contribution < 1.29 is 42.1 Å². The Morgan fingerprint density at radius 2 is 1.61 bits per heavy atom. The smallest absolute Gasteiger partial charge is 0.508 e. The first kappa shape index (κ1) is 23.0. The van der Waals surface area contributed by atoms with Crippen LogP contribution in [0.25, 0.3) is 11.0 Å². The number of para-hydroxylation sites is 1. The monoisotopic (exact) mass is 495 g/mol. The zero-order valence-corrected chi connectivity index (χ0v) is 18.2. The molecule has 2 heterocycles. The van der Waals surface area contributed by atoms with E-state index in [1.54, 1.807) is 24.3 Å². The van der Waals surface area contributed by atoms with Gasteiger partial charge >= 0.3 is 6.36 Å². The number of Topliss-reactive ketones (excluding diaryl/α,β-unsaturated/α-hetero) is 1. The summed E-state index contributed by atoms with van der Waals surface area (Å²) in [4.78, 5) is 27.8. The predicted molar refractivity (Wildman–Crippen MR) is 122 cm³/mol. The van der Waals surface area contributed by atoms with Crippen LogP contribution in [0.5, 0.6) is 11.5 Å². The molecule has 5 rings (SSSR count). The van der Waals surface area contributed by atoms with E-state index in [0.29, 0.717) is 16.5 Å². The van der Waals surface area contributed by atoms with E-state index in [1.807, 2.05) is 0 Å². The molecule has 1 aliphatic heterocycles. The first-order valence-corrected chi connectivity index (χ1v) is 10.6. The minimum atomic E-state index is -4.90. The van der Waals surface area contributed by atoms with Gasteiger partial charge in [0.1, 0.15) is 17.1 Å². The fourth-order valence-electron chi connectivity index (χ4n) is 4.11. The number of hydrogen-bond acceptors (Lipinski definition) is 6. The Bertz CT molecular complexity index is 1470. The van der Waals surface area contributed by atoms with Crippen molar-refractivity contribution in [3.63, 3.8) is 0 Å². The molecule has 1 aromatic heterocycles. The molecule has 0 radical (unpaired) electrons. The van der Waals surface area contributed by atoms with Gasteiger partial charge in [0.25, 0.3) is 5.91 Å². The van der Waals surface area contributed by atoms with Gasteiger partial charge in [-0.1, -0.05) is 30.3 Å². The molecule has 3 aromatic carbocycles. The maximum atomic E-state index is 13.5. The van der Waals surface area contributed by atoms with Crippen molar-refractivity contribution in [3.05, 3.63) is 102 Å². The van der Waals surface area contributed by atoms with E-state index in [1.165, 1.54) is 42.5 Å². The summed E-state index contributed by atoms with van der Waals surface area (Å²) < 4.78 is 47.2. The Hall–Kier alpha value is -4.73. The SMILES string of the molecule is O=C(C1=C(O)C(=O)N(c2ccc(OC(F)(F)F)cc2)C1c1ccc(O)cc1)c1cc2ccccc2o1. The number of alkyl halides is 3. The second-order valence-electron chi connectivity index (χ2n) is 7.95. The molecular formula is C26H16F3NO6. The van der Waals surface area contributed by atoms with Crippen molar-refractivity contribution >= 4 is 28.3 Å². The minimum Gasteiger partial charge on any atom is -0.508 e. The Balaban J connectivity index is 1.59. The normalized spacial score (nSPS) is 16.1. The van der Waals surface area contributed by atoms with Gasteiger partial charge in [-0.15, -0.1) is 13.2 Å². The van der Waals surface area contributed by atoms with Crippen molar-refractivity contribution in [1.82, 2.24) is 0 Å². The molecule has 1 aliphatic rings. The van der Waals surface area contributed by atoms with Crippen molar-refractivity contribution in [1.29, 1.82) is 0 Å². The quantitative estimate of drug-likeness (QED) is 0.339. The molecule has 2 N–H and O–H groups in total. The molecule has 36 heavy (non-hydrogen) atoms. The number of aliphatic hydroxyl groups excluding tert-OH is 1. The minimum absolute atomic E-state index is 0.0679. The fourth-order valence-corrected chi connectivity index (χ4v) is 4.11. The highest BCUT2D eigenvalue weighted by Crippen LogP contribution is 2.43. The average molecular weight is 495 g/mol. The van der Waals surface area contributed by atoms with E-state index in [2.05, 4.69) is 4.74 Å². The molecule has 4 aromatic rings. The number of ketones is 1. The van der Waals surface area contributed by atoms with Crippen LogP contribution in [0.1, 0.15) is 22.2 Å². The summed E-state index contributed by atoms with van der Waals surface area (Å²) >= 11 is 0. The summed E-state index contributed by atoms with van der Waals surface area (Å²) in [6.45, 7) is 0. The molecule has 0 saturated carbocycles. The Kier molecular flexibility index (Phi) is 5.43. The highest BCUT2D eigenvalue weighted by molar-refractivity contribution is 6.20. The average Bonchev–Trinajstić information content (AvgIpc) is 3.38. The van der Waals surface area contributed by atoms with Gasteiger partial charge in [0.2, 0.25) is 5.78 Å². The van der Waals surface area contributed by atoms with Crippen molar-refractivity contribution in [2.45, 2.75) is 12.4 Å². The lowest BCUT2D eigenvalue weighted by Gasteiger charge is -2.27. The molecule has 0 fully saturated rings. The summed E-state index contributed by atoms with van der Waals surface area (Å²) in [5.74, 6) is -3.18. The number of ether oxygens (including phenoxy) is 1. The van der Waals surface area contributed by atoms with Gasteiger partial charge in [0.15, 0.2) is 11.5 Å². The number of anilines is 1. The van der Waals surface area contributed by atoms with Gasteiger partial charge in [-0.25, -0.2) is 0 Å². The van der Waals surface area contributed by atoms with E-state index in [0.717, 1.165) is 17.0 Å². The number of phenols is 1. The molecule has 1 atom stereocenters. The fraction of sp³-hybridized carbons (Fsp3) is 0.0769. The number of hydrogen-bond donors (Lipinski definition) is 2. The van der Waals surface area contributed by atoms with Crippen LogP contribution < -0.4 is 9.64 Å². The number of halogens is 3. The summed E-state index contributed by atoms with van der Waals surface area (Å²) in [6, 6.07) is 17.3. The van der Waals surface area contributed by atoms with Crippen LogP contribution in [0.15, 0.2) is 94.6 Å². The number of phenolic OH excluding ortho intramolecular Hbond substituents is 1. The van der Waals surface area contributed by atoms with Gasteiger partial charge in [0, 0.05) is 11.1 Å². The van der Waals surface area contributed by atoms with Crippen LogP contribution in [-0.4, -0.2) is 28.3 Å². The number of aliphatic hydroxyl groups is 1. The number of furan rings is 1. The number of amides is 1. The van der Waals surface area contributed by atoms with Crippen LogP contribution in [-0.2, 0) is 4.79 Å².